The Bertz CT molecular complexity index is 1210. The lowest BCUT2D eigenvalue weighted by Crippen LogP contribution is -2.39. The highest BCUT2D eigenvalue weighted by Crippen LogP contribution is 2.25. The number of hydrogen-bond donors (Lipinski definition) is 2. The summed E-state index contributed by atoms with van der Waals surface area (Å²) >= 11 is 0. The molecule has 0 aliphatic carbocycles. The average Bonchev–Trinajstić information content (AvgIpc) is 2.72. The van der Waals surface area contributed by atoms with E-state index >= 15 is 0 Å². The number of halogens is 2. The SMILES string of the molecule is COc1cc(C)c2[nH]c3c(c(=O)c2c1)CN(CC(=O)Nc1cc(F)ccc1F)CC3. The molecule has 1 aromatic heterocycles. The molecule has 0 fully saturated rings. The van der Waals surface area contributed by atoms with E-state index in [0.29, 0.717) is 29.7 Å². The molecule has 2 heterocycles. The van der Waals surface area contributed by atoms with Crippen LogP contribution in [0.2, 0.25) is 0 Å². The molecule has 0 spiro atoms. The Morgan fingerprint density at radius 3 is 2.83 bits per heavy atom. The minimum Gasteiger partial charge on any atom is -0.497 e. The van der Waals surface area contributed by atoms with Gasteiger partial charge in [-0.3, -0.25) is 14.5 Å². The standard InChI is InChI=1S/C22H21F2N3O3/c1-12-7-14(30-2)9-15-21(12)26-18-5-6-27(10-16(18)22(15)29)11-20(28)25-19-8-13(23)3-4-17(19)24/h3-4,7-9H,5-6,10-11H2,1-2H3,(H,25,28)(H,26,29). The fraction of sp³-hybridized carbons (Fsp3) is 0.273. The molecule has 2 aromatic carbocycles. The number of ether oxygens (including phenoxy) is 1. The van der Waals surface area contributed by atoms with Crippen LogP contribution in [-0.2, 0) is 17.8 Å². The number of aryl methyl sites for hydroxylation is 1. The van der Waals surface area contributed by atoms with Crippen molar-refractivity contribution >= 4 is 22.5 Å². The van der Waals surface area contributed by atoms with Gasteiger partial charge in [-0.1, -0.05) is 0 Å². The van der Waals surface area contributed by atoms with E-state index in [2.05, 4.69) is 10.3 Å². The fourth-order valence-corrected chi connectivity index (χ4v) is 3.82. The normalized spacial score (nSPS) is 13.9. The maximum Gasteiger partial charge on any atom is 0.238 e. The molecule has 0 radical (unpaired) electrons. The second-order valence-corrected chi connectivity index (χ2v) is 7.41. The average molecular weight is 413 g/mol. The third kappa shape index (κ3) is 3.78. The number of nitrogens with zero attached hydrogens (tertiary/aromatic N) is 1. The number of amides is 1. The summed E-state index contributed by atoms with van der Waals surface area (Å²) in [5, 5.41) is 2.93. The van der Waals surface area contributed by atoms with E-state index in [1.165, 1.54) is 0 Å². The van der Waals surface area contributed by atoms with Crippen LogP contribution in [0.25, 0.3) is 10.9 Å². The van der Waals surface area contributed by atoms with Gasteiger partial charge < -0.3 is 15.0 Å². The van der Waals surface area contributed by atoms with Crippen LogP contribution in [0.1, 0.15) is 16.8 Å². The van der Waals surface area contributed by atoms with Crippen molar-refractivity contribution in [3.8, 4) is 5.75 Å². The first-order valence-electron chi connectivity index (χ1n) is 9.55. The number of aromatic amines is 1. The van der Waals surface area contributed by atoms with Crippen molar-refractivity contribution in [3.63, 3.8) is 0 Å². The van der Waals surface area contributed by atoms with Gasteiger partial charge in [0.1, 0.15) is 17.4 Å². The number of carbonyl (C=O) groups is 1. The molecule has 6 nitrogen and oxygen atoms in total. The molecule has 4 rings (SSSR count). The summed E-state index contributed by atoms with van der Waals surface area (Å²) in [4.78, 5) is 30.6. The van der Waals surface area contributed by atoms with E-state index in [0.717, 1.165) is 35.0 Å². The molecule has 0 bridgehead atoms. The summed E-state index contributed by atoms with van der Waals surface area (Å²) in [7, 11) is 1.55. The molecule has 2 N–H and O–H groups in total. The van der Waals surface area contributed by atoms with Gasteiger partial charge in [-0.15, -0.1) is 0 Å². The van der Waals surface area contributed by atoms with Crippen LogP contribution in [0.5, 0.6) is 5.75 Å². The van der Waals surface area contributed by atoms with Crippen molar-refractivity contribution in [1.82, 2.24) is 9.88 Å². The van der Waals surface area contributed by atoms with Crippen LogP contribution < -0.4 is 15.5 Å². The van der Waals surface area contributed by atoms with Gasteiger partial charge in [0.2, 0.25) is 5.91 Å². The molecule has 156 valence electrons. The first-order valence-corrected chi connectivity index (χ1v) is 9.55. The molecule has 0 unspecified atom stereocenters. The molecule has 0 saturated heterocycles. The second kappa shape index (κ2) is 7.87. The number of methoxy groups -OCH3 is 1. The molecule has 1 aliphatic heterocycles. The molecular formula is C22H21F2N3O3. The van der Waals surface area contributed by atoms with Crippen LogP contribution in [0, 0.1) is 18.6 Å². The van der Waals surface area contributed by atoms with Crippen LogP contribution in [0.4, 0.5) is 14.5 Å². The predicted octanol–water partition coefficient (Wildman–Crippen LogP) is 3.12. The van der Waals surface area contributed by atoms with Crippen molar-refractivity contribution < 1.29 is 18.3 Å². The van der Waals surface area contributed by atoms with E-state index in [9.17, 15) is 18.4 Å². The summed E-state index contributed by atoms with van der Waals surface area (Å²) in [5.41, 5.74) is 2.86. The lowest BCUT2D eigenvalue weighted by molar-refractivity contribution is -0.117. The number of rotatable bonds is 4. The van der Waals surface area contributed by atoms with Crippen molar-refractivity contribution in [2.45, 2.75) is 19.9 Å². The smallest absolute Gasteiger partial charge is 0.238 e. The van der Waals surface area contributed by atoms with Crippen molar-refractivity contribution in [2.24, 2.45) is 0 Å². The zero-order chi connectivity index (χ0) is 21.4. The molecule has 30 heavy (non-hydrogen) atoms. The summed E-state index contributed by atoms with van der Waals surface area (Å²) < 4.78 is 32.3. The van der Waals surface area contributed by atoms with E-state index in [-0.39, 0.29) is 24.2 Å². The van der Waals surface area contributed by atoms with Gasteiger partial charge in [0, 0.05) is 42.2 Å². The van der Waals surface area contributed by atoms with Crippen molar-refractivity contribution in [1.29, 1.82) is 0 Å². The number of hydrogen-bond acceptors (Lipinski definition) is 4. The Morgan fingerprint density at radius 1 is 1.27 bits per heavy atom. The van der Waals surface area contributed by atoms with Crippen molar-refractivity contribution in [2.75, 3.05) is 25.5 Å². The summed E-state index contributed by atoms with van der Waals surface area (Å²) in [6, 6.07) is 6.46. The van der Waals surface area contributed by atoms with Gasteiger partial charge in [0.05, 0.1) is 24.9 Å². The summed E-state index contributed by atoms with van der Waals surface area (Å²) in [6.07, 6.45) is 0.577. The lowest BCUT2D eigenvalue weighted by Gasteiger charge is -2.28. The number of anilines is 1. The lowest BCUT2D eigenvalue weighted by atomic mass is 10.0. The summed E-state index contributed by atoms with van der Waals surface area (Å²) in [5.74, 6) is -1.21. The van der Waals surface area contributed by atoms with Crippen LogP contribution in [0.3, 0.4) is 0 Å². The van der Waals surface area contributed by atoms with Crippen LogP contribution >= 0.6 is 0 Å². The van der Waals surface area contributed by atoms with E-state index in [1.54, 1.807) is 13.2 Å². The number of aromatic nitrogens is 1. The van der Waals surface area contributed by atoms with Gasteiger partial charge in [-0.25, -0.2) is 8.78 Å². The Hall–Kier alpha value is -3.26. The minimum absolute atomic E-state index is 0.0377. The number of carbonyl (C=O) groups excluding carboxylic acids is 1. The largest absolute Gasteiger partial charge is 0.497 e. The maximum absolute atomic E-state index is 13.8. The highest BCUT2D eigenvalue weighted by molar-refractivity contribution is 5.92. The Balaban J connectivity index is 1.56. The van der Waals surface area contributed by atoms with Crippen LogP contribution in [-0.4, -0.2) is 36.0 Å². The maximum atomic E-state index is 13.8. The molecule has 0 atom stereocenters. The first-order chi connectivity index (χ1) is 14.4. The number of H-pyrrole nitrogens is 1. The topological polar surface area (TPSA) is 74.4 Å². The van der Waals surface area contributed by atoms with Gasteiger partial charge in [0.15, 0.2) is 5.43 Å². The Labute approximate surface area is 171 Å². The highest BCUT2D eigenvalue weighted by atomic mass is 19.1. The van der Waals surface area contributed by atoms with E-state index < -0.39 is 17.5 Å². The van der Waals surface area contributed by atoms with Gasteiger partial charge in [-0.05, 0) is 36.8 Å². The molecule has 0 saturated carbocycles. The zero-order valence-corrected chi connectivity index (χ0v) is 16.6. The Morgan fingerprint density at radius 2 is 2.07 bits per heavy atom. The molecule has 3 aromatic rings. The van der Waals surface area contributed by atoms with Gasteiger partial charge in [0.25, 0.3) is 0 Å². The van der Waals surface area contributed by atoms with E-state index in [4.69, 9.17) is 4.74 Å². The number of fused-ring (bicyclic) bond motifs is 2. The molecule has 1 aliphatic rings. The monoisotopic (exact) mass is 413 g/mol. The van der Waals surface area contributed by atoms with Crippen molar-refractivity contribution in [3.05, 3.63) is 69.0 Å². The quantitative estimate of drug-likeness (QED) is 0.689. The third-order valence-corrected chi connectivity index (χ3v) is 5.33. The number of nitrogens with one attached hydrogen (secondary N) is 2. The predicted molar refractivity (Wildman–Crippen MR) is 110 cm³/mol. The third-order valence-electron chi connectivity index (χ3n) is 5.33. The number of benzene rings is 2. The zero-order valence-electron chi connectivity index (χ0n) is 16.6. The molecule has 8 heteroatoms. The number of pyridine rings is 1. The second-order valence-electron chi connectivity index (χ2n) is 7.41. The fourth-order valence-electron chi connectivity index (χ4n) is 3.82. The summed E-state index contributed by atoms with van der Waals surface area (Å²) in [6.45, 7) is 2.72. The highest BCUT2D eigenvalue weighted by Gasteiger charge is 2.23. The Kier molecular flexibility index (Phi) is 5.26. The van der Waals surface area contributed by atoms with E-state index in [1.807, 2.05) is 17.9 Å². The molecule has 1 amide bonds. The van der Waals surface area contributed by atoms with Gasteiger partial charge in [-0.2, -0.15) is 0 Å². The molecular weight excluding hydrogens is 392 g/mol. The van der Waals surface area contributed by atoms with Gasteiger partial charge >= 0.3 is 0 Å². The van der Waals surface area contributed by atoms with Crippen LogP contribution in [0.15, 0.2) is 35.1 Å². The first kappa shape index (κ1) is 20.0. The minimum atomic E-state index is -0.707.